The highest BCUT2D eigenvalue weighted by molar-refractivity contribution is 7.43. The molecule has 0 aromatic carbocycles. The zero-order chi connectivity index (χ0) is 12.7. The third kappa shape index (κ3) is 9.30. The van der Waals surface area contributed by atoms with Gasteiger partial charge in [-0.25, -0.2) is 0 Å². The quantitative estimate of drug-likeness (QED) is 0.369. The Morgan fingerprint density at radius 2 is 1.12 bits per heavy atom. The normalized spacial score (nSPS) is 13.6. The zero-order valence-electron chi connectivity index (χ0n) is 9.31. The molecule has 0 saturated carbocycles. The molecule has 0 amide bonds. The summed E-state index contributed by atoms with van der Waals surface area (Å²) >= 11 is 24.0. The van der Waals surface area contributed by atoms with Gasteiger partial charge in [0.1, 0.15) is 0 Å². The van der Waals surface area contributed by atoms with Crippen LogP contribution in [0.2, 0.25) is 12.1 Å². The van der Waals surface area contributed by atoms with Gasteiger partial charge >= 0.3 is 13.9 Å². The highest BCUT2D eigenvalue weighted by Gasteiger charge is 2.30. The topological polar surface area (TPSA) is 18.5 Å². The fourth-order valence-electron chi connectivity index (χ4n) is 0.981. The van der Waals surface area contributed by atoms with E-state index in [9.17, 15) is 0 Å². The van der Waals surface area contributed by atoms with Crippen molar-refractivity contribution in [2.75, 3.05) is 13.2 Å². The van der Waals surface area contributed by atoms with Crippen LogP contribution in [0.3, 0.4) is 0 Å². The van der Waals surface area contributed by atoms with Crippen LogP contribution in [0.4, 0.5) is 0 Å². The van der Waals surface area contributed by atoms with Crippen molar-refractivity contribution in [3.8, 4) is 0 Å². The fourth-order valence-corrected chi connectivity index (χ4v) is 5.32. The minimum atomic E-state index is -2.57. The van der Waals surface area contributed by atoms with Crippen LogP contribution < -0.4 is 0 Å². The minimum Gasteiger partial charge on any atom is -0.392 e. The van der Waals surface area contributed by atoms with Crippen molar-refractivity contribution >= 4 is 58.2 Å². The van der Waals surface area contributed by atoms with Crippen molar-refractivity contribution in [1.82, 2.24) is 0 Å². The van der Waals surface area contributed by atoms with Crippen LogP contribution in [0.5, 0.6) is 0 Å². The van der Waals surface area contributed by atoms with Gasteiger partial charge in [0, 0.05) is 25.3 Å². The van der Waals surface area contributed by atoms with E-state index in [1.54, 1.807) is 0 Å². The largest absolute Gasteiger partial charge is 0.393 e. The molecule has 0 saturated heterocycles. The van der Waals surface area contributed by atoms with Gasteiger partial charge in [0.2, 0.25) is 0 Å². The smallest absolute Gasteiger partial charge is 0.392 e. The summed E-state index contributed by atoms with van der Waals surface area (Å²) in [5.74, 6) is 0. The van der Waals surface area contributed by atoms with Crippen LogP contribution in [-0.4, -0.2) is 27.1 Å². The molecule has 0 radical (unpaired) electrons. The van der Waals surface area contributed by atoms with Crippen LogP contribution in [0.1, 0.15) is 13.8 Å². The minimum absolute atomic E-state index is 0.522. The van der Waals surface area contributed by atoms with Crippen molar-refractivity contribution in [1.29, 1.82) is 0 Å². The molecule has 0 bridgehead atoms. The number of halogens is 4. The predicted molar refractivity (Wildman–Crippen MR) is 76.9 cm³/mol. The summed E-state index contributed by atoms with van der Waals surface area (Å²) in [4.78, 5) is 0. The lowest BCUT2D eigenvalue weighted by atomic mass is 10.6. The van der Waals surface area contributed by atoms with Gasteiger partial charge in [-0.3, -0.25) is 0 Å². The first kappa shape index (κ1) is 17.3. The summed E-state index contributed by atoms with van der Waals surface area (Å²) in [7, 11) is 0. The standard InChI is InChI=1S/C8H16Cl4O2Si2/c1-3-13-15(9,10)7-5-6-8-16(11,12)14-4-2/h5-6H,3-4,7-8H2,1-2H3. The maximum Gasteiger partial charge on any atom is 0.393 e. The van der Waals surface area contributed by atoms with Crippen molar-refractivity contribution < 1.29 is 8.85 Å². The van der Waals surface area contributed by atoms with Crippen LogP contribution in [-0.2, 0) is 8.85 Å². The average molecular weight is 342 g/mol. The molecule has 0 fully saturated rings. The molecule has 0 unspecified atom stereocenters. The molecule has 2 nitrogen and oxygen atoms in total. The molecule has 0 N–H and O–H groups in total. The SMILES string of the molecule is CCO[Si](Cl)(Cl)CC=CC[Si](Cl)(Cl)OCC. The van der Waals surface area contributed by atoms with Gasteiger partial charge in [-0.05, 0) is 13.8 Å². The van der Waals surface area contributed by atoms with Gasteiger partial charge in [0.05, 0.1) is 0 Å². The Balaban J connectivity index is 3.93. The third-order valence-electron chi connectivity index (χ3n) is 1.59. The molecule has 0 aliphatic rings. The van der Waals surface area contributed by atoms with E-state index in [0.29, 0.717) is 25.3 Å². The molecule has 0 aromatic heterocycles. The lowest BCUT2D eigenvalue weighted by molar-refractivity contribution is 0.349. The molecular formula is C8H16Cl4O2Si2. The monoisotopic (exact) mass is 340 g/mol. The Hall–Kier alpha value is 1.25. The van der Waals surface area contributed by atoms with Crippen LogP contribution in [0.25, 0.3) is 0 Å². The lowest BCUT2D eigenvalue weighted by Gasteiger charge is -2.15. The third-order valence-corrected chi connectivity index (χ3v) is 7.59. The maximum atomic E-state index is 5.99. The summed E-state index contributed by atoms with van der Waals surface area (Å²) in [6, 6.07) is 1.04. The number of hydrogen-bond donors (Lipinski definition) is 0. The van der Waals surface area contributed by atoms with Crippen LogP contribution in [0, 0.1) is 0 Å². The highest BCUT2D eigenvalue weighted by Crippen LogP contribution is 2.25. The molecule has 0 rings (SSSR count). The summed E-state index contributed by atoms with van der Waals surface area (Å²) in [5, 5.41) is 0. The molecule has 0 atom stereocenters. The summed E-state index contributed by atoms with van der Waals surface area (Å²) in [6.45, 7) is -0.373. The van der Waals surface area contributed by atoms with Crippen LogP contribution in [0.15, 0.2) is 12.2 Å². The zero-order valence-corrected chi connectivity index (χ0v) is 14.3. The second-order valence-electron chi connectivity index (χ2n) is 3.02. The highest BCUT2D eigenvalue weighted by atomic mass is 35.7. The molecule has 8 heteroatoms. The number of allylic oxidation sites excluding steroid dienone is 2. The molecular weight excluding hydrogens is 326 g/mol. The molecule has 0 aliphatic carbocycles. The molecule has 0 aliphatic heterocycles. The predicted octanol–water partition coefficient (Wildman–Crippen LogP) is 4.45. The Morgan fingerprint density at radius 3 is 1.38 bits per heavy atom. The van der Waals surface area contributed by atoms with Crippen molar-refractivity contribution in [3.63, 3.8) is 0 Å². The van der Waals surface area contributed by atoms with E-state index >= 15 is 0 Å². The van der Waals surface area contributed by atoms with Crippen molar-refractivity contribution in [3.05, 3.63) is 12.2 Å². The molecule has 0 aromatic rings. The van der Waals surface area contributed by atoms with Gasteiger partial charge in [-0.1, -0.05) is 12.2 Å². The Bertz CT molecular complexity index is 202. The Kier molecular flexibility index (Phi) is 9.03. The lowest BCUT2D eigenvalue weighted by Crippen LogP contribution is -2.24. The first-order chi connectivity index (χ1) is 7.33. The average Bonchev–Trinajstić information content (AvgIpc) is 2.12. The van der Waals surface area contributed by atoms with Crippen molar-refractivity contribution in [2.45, 2.75) is 25.9 Å². The van der Waals surface area contributed by atoms with Gasteiger partial charge in [0.25, 0.3) is 0 Å². The van der Waals surface area contributed by atoms with Crippen molar-refractivity contribution in [2.24, 2.45) is 0 Å². The van der Waals surface area contributed by atoms with E-state index in [1.807, 2.05) is 26.0 Å². The second-order valence-corrected chi connectivity index (χ2v) is 15.5. The van der Waals surface area contributed by atoms with E-state index in [0.717, 1.165) is 0 Å². The van der Waals surface area contributed by atoms with E-state index in [1.165, 1.54) is 0 Å². The van der Waals surface area contributed by atoms with Gasteiger partial charge in [-0.15, -0.1) is 44.3 Å². The second kappa shape index (κ2) is 8.37. The molecule has 96 valence electrons. The van der Waals surface area contributed by atoms with E-state index in [4.69, 9.17) is 53.2 Å². The Morgan fingerprint density at radius 1 is 0.812 bits per heavy atom. The van der Waals surface area contributed by atoms with Gasteiger partial charge < -0.3 is 8.85 Å². The number of hydrogen-bond acceptors (Lipinski definition) is 2. The number of rotatable bonds is 8. The van der Waals surface area contributed by atoms with Gasteiger partial charge in [-0.2, -0.15) is 0 Å². The van der Waals surface area contributed by atoms with Gasteiger partial charge in [0.15, 0.2) is 0 Å². The molecule has 0 heterocycles. The van der Waals surface area contributed by atoms with Crippen LogP contribution >= 0.6 is 44.3 Å². The summed E-state index contributed by atoms with van der Waals surface area (Å²) < 4.78 is 10.5. The van der Waals surface area contributed by atoms with E-state index < -0.39 is 13.9 Å². The Labute approximate surface area is 118 Å². The maximum absolute atomic E-state index is 5.99. The first-order valence-electron chi connectivity index (χ1n) is 5.01. The fraction of sp³-hybridized carbons (Fsp3) is 0.750. The van der Waals surface area contributed by atoms with E-state index in [2.05, 4.69) is 0 Å². The van der Waals surface area contributed by atoms with E-state index in [-0.39, 0.29) is 0 Å². The summed E-state index contributed by atoms with van der Waals surface area (Å²) in [5.41, 5.74) is 0. The molecule has 0 spiro atoms. The molecule has 16 heavy (non-hydrogen) atoms. The summed E-state index contributed by atoms with van der Waals surface area (Å²) in [6.07, 6.45) is 3.71. The first-order valence-corrected chi connectivity index (χ1v) is 13.3.